The predicted molar refractivity (Wildman–Crippen MR) is 90.0 cm³/mol. The summed E-state index contributed by atoms with van der Waals surface area (Å²) in [6, 6.07) is 10.0. The number of anilines is 1. The molecule has 0 fully saturated rings. The Kier molecular flexibility index (Phi) is 6.09. The number of pyridine rings is 1. The molecule has 5 heteroatoms. The van der Waals surface area contributed by atoms with Crippen molar-refractivity contribution >= 4 is 11.6 Å². The Labute approximate surface area is 136 Å². The van der Waals surface area contributed by atoms with E-state index >= 15 is 0 Å². The molecule has 4 nitrogen and oxygen atoms in total. The molecule has 0 atom stereocenters. The highest BCUT2D eigenvalue weighted by molar-refractivity contribution is 5.93. The lowest BCUT2D eigenvalue weighted by molar-refractivity contribution is 0.0945. The van der Waals surface area contributed by atoms with E-state index < -0.39 is 0 Å². The molecule has 122 valence electrons. The molecular weight excluding hydrogens is 293 g/mol. The van der Waals surface area contributed by atoms with Crippen LogP contribution in [0.3, 0.4) is 0 Å². The maximum Gasteiger partial charge on any atom is 0.270 e. The van der Waals surface area contributed by atoms with Crippen molar-refractivity contribution < 1.29 is 9.18 Å². The van der Waals surface area contributed by atoms with Crippen molar-refractivity contribution in [3.63, 3.8) is 0 Å². The van der Waals surface area contributed by atoms with Gasteiger partial charge in [0.1, 0.15) is 11.5 Å². The van der Waals surface area contributed by atoms with Gasteiger partial charge in [-0.15, -0.1) is 0 Å². The first kappa shape index (κ1) is 16.9. The van der Waals surface area contributed by atoms with Crippen LogP contribution in [0, 0.1) is 5.82 Å². The van der Waals surface area contributed by atoms with Crippen LogP contribution in [-0.2, 0) is 6.54 Å². The number of rotatable bonds is 7. The predicted octanol–water partition coefficient (Wildman–Crippen LogP) is 3.39. The lowest BCUT2D eigenvalue weighted by Gasteiger charge is -2.19. The Balaban J connectivity index is 2.01. The third-order valence-corrected chi connectivity index (χ3v) is 3.66. The van der Waals surface area contributed by atoms with Crippen molar-refractivity contribution in [3.8, 4) is 0 Å². The summed E-state index contributed by atoms with van der Waals surface area (Å²) in [5.41, 5.74) is 1.74. The van der Waals surface area contributed by atoms with Crippen LogP contribution in [0.15, 0.2) is 42.6 Å². The van der Waals surface area contributed by atoms with Crippen molar-refractivity contribution in [1.82, 2.24) is 10.3 Å². The number of unbranched alkanes of at least 4 members (excludes halogenated alkanes) is 1. The van der Waals surface area contributed by atoms with E-state index in [4.69, 9.17) is 0 Å². The fourth-order valence-electron chi connectivity index (χ4n) is 2.21. The van der Waals surface area contributed by atoms with E-state index in [-0.39, 0.29) is 18.3 Å². The Morgan fingerprint density at radius 3 is 2.83 bits per heavy atom. The highest BCUT2D eigenvalue weighted by Gasteiger charge is 2.10. The molecule has 0 saturated heterocycles. The summed E-state index contributed by atoms with van der Waals surface area (Å²) < 4.78 is 13.6. The topological polar surface area (TPSA) is 45.2 Å². The Hall–Kier alpha value is -2.43. The summed E-state index contributed by atoms with van der Waals surface area (Å²) in [5.74, 6) is -0.632. The summed E-state index contributed by atoms with van der Waals surface area (Å²) in [7, 11) is 1.99. The molecule has 0 radical (unpaired) electrons. The zero-order chi connectivity index (χ0) is 16.7. The number of hydrogen-bond donors (Lipinski definition) is 1. The van der Waals surface area contributed by atoms with Crippen molar-refractivity contribution in [2.24, 2.45) is 0 Å². The lowest BCUT2D eigenvalue weighted by Crippen LogP contribution is -2.25. The van der Waals surface area contributed by atoms with Crippen LogP contribution < -0.4 is 10.2 Å². The highest BCUT2D eigenvalue weighted by atomic mass is 19.1. The molecule has 0 unspecified atom stereocenters. The first-order valence-corrected chi connectivity index (χ1v) is 7.80. The number of carbonyl (C=O) groups is 1. The number of hydrogen-bond acceptors (Lipinski definition) is 3. The van der Waals surface area contributed by atoms with Crippen molar-refractivity contribution in [2.45, 2.75) is 26.3 Å². The third kappa shape index (κ3) is 4.77. The Morgan fingerprint density at radius 1 is 1.30 bits per heavy atom. The van der Waals surface area contributed by atoms with E-state index in [1.807, 2.05) is 13.1 Å². The molecule has 1 aromatic heterocycles. The average Bonchev–Trinajstić information content (AvgIpc) is 2.58. The van der Waals surface area contributed by atoms with Gasteiger partial charge in [0.25, 0.3) is 5.91 Å². The quantitative estimate of drug-likeness (QED) is 0.852. The summed E-state index contributed by atoms with van der Waals surface area (Å²) >= 11 is 0. The molecule has 1 heterocycles. The summed E-state index contributed by atoms with van der Waals surface area (Å²) in [5, 5.41) is 2.71. The van der Waals surface area contributed by atoms with Gasteiger partial charge in [-0.05, 0) is 24.6 Å². The normalized spacial score (nSPS) is 10.4. The minimum Gasteiger partial charge on any atom is -0.374 e. The van der Waals surface area contributed by atoms with Gasteiger partial charge in [0.15, 0.2) is 0 Å². The average molecular weight is 315 g/mol. The van der Waals surface area contributed by atoms with Crippen LogP contribution in [-0.4, -0.2) is 24.5 Å². The second kappa shape index (κ2) is 8.27. The zero-order valence-electron chi connectivity index (χ0n) is 13.6. The molecule has 1 aromatic carbocycles. The van der Waals surface area contributed by atoms with E-state index in [1.165, 1.54) is 6.07 Å². The van der Waals surface area contributed by atoms with Crippen LogP contribution in [0.25, 0.3) is 0 Å². The minimum atomic E-state index is -0.325. The molecule has 1 N–H and O–H groups in total. The van der Waals surface area contributed by atoms with Crippen LogP contribution in [0.5, 0.6) is 0 Å². The number of aromatic nitrogens is 1. The molecular formula is C18H22FN3O. The first-order chi connectivity index (χ1) is 11.1. The first-order valence-electron chi connectivity index (χ1n) is 7.80. The standard InChI is InChI=1S/C18H22FN3O/c1-3-4-11-22(2)15-9-10-20-17(12-15)18(23)21-13-14-7-5-6-8-16(14)19/h5-10,12H,3-4,11,13H2,1-2H3,(H,21,23). The minimum absolute atomic E-state index is 0.142. The van der Waals surface area contributed by atoms with Gasteiger partial charge in [-0.3, -0.25) is 9.78 Å². The molecule has 0 aliphatic carbocycles. The molecule has 0 aliphatic heterocycles. The van der Waals surface area contributed by atoms with Gasteiger partial charge in [-0.2, -0.15) is 0 Å². The van der Waals surface area contributed by atoms with Crippen LogP contribution >= 0.6 is 0 Å². The SMILES string of the molecule is CCCCN(C)c1ccnc(C(=O)NCc2ccccc2F)c1. The Bertz CT molecular complexity index is 660. The molecule has 23 heavy (non-hydrogen) atoms. The van der Waals surface area contributed by atoms with Gasteiger partial charge >= 0.3 is 0 Å². The van der Waals surface area contributed by atoms with E-state index in [0.29, 0.717) is 11.3 Å². The molecule has 0 aliphatic rings. The van der Waals surface area contributed by atoms with Crippen LogP contribution in [0.1, 0.15) is 35.8 Å². The van der Waals surface area contributed by atoms with E-state index in [9.17, 15) is 9.18 Å². The number of carbonyl (C=O) groups excluding carboxylic acids is 1. The monoisotopic (exact) mass is 315 g/mol. The number of benzene rings is 1. The number of nitrogens with one attached hydrogen (secondary N) is 1. The number of amides is 1. The summed E-state index contributed by atoms with van der Waals surface area (Å²) in [4.78, 5) is 18.4. The summed E-state index contributed by atoms with van der Waals surface area (Å²) in [6.07, 6.45) is 3.83. The number of halogens is 1. The van der Waals surface area contributed by atoms with Gasteiger partial charge in [0, 0.05) is 37.6 Å². The zero-order valence-corrected chi connectivity index (χ0v) is 13.6. The second-order valence-electron chi connectivity index (χ2n) is 5.45. The second-order valence-corrected chi connectivity index (χ2v) is 5.45. The van der Waals surface area contributed by atoms with E-state index in [1.54, 1.807) is 30.5 Å². The molecule has 1 amide bonds. The highest BCUT2D eigenvalue weighted by Crippen LogP contribution is 2.14. The van der Waals surface area contributed by atoms with Gasteiger partial charge in [0.05, 0.1) is 0 Å². The fraction of sp³-hybridized carbons (Fsp3) is 0.333. The number of nitrogens with zero attached hydrogens (tertiary/aromatic N) is 2. The van der Waals surface area contributed by atoms with Gasteiger partial charge in [0.2, 0.25) is 0 Å². The molecule has 2 rings (SSSR count). The van der Waals surface area contributed by atoms with Gasteiger partial charge in [-0.1, -0.05) is 31.5 Å². The van der Waals surface area contributed by atoms with E-state index in [0.717, 1.165) is 25.1 Å². The third-order valence-electron chi connectivity index (χ3n) is 3.66. The maximum absolute atomic E-state index is 13.6. The molecule has 0 saturated carbocycles. The molecule has 0 bridgehead atoms. The maximum atomic E-state index is 13.6. The Morgan fingerprint density at radius 2 is 2.09 bits per heavy atom. The fourth-order valence-corrected chi connectivity index (χ4v) is 2.21. The van der Waals surface area contributed by atoms with Crippen molar-refractivity contribution in [3.05, 3.63) is 59.7 Å². The molecule has 2 aromatic rings. The summed E-state index contributed by atoms with van der Waals surface area (Å²) in [6.45, 7) is 3.21. The largest absolute Gasteiger partial charge is 0.374 e. The van der Waals surface area contributed by atoms with Crippen molar-refractivity contribution in [1.29, 1.82) is 0 Å². The van der Waals surface area contributed by atoms with Crippen LogP contribution in [0.2, 0.25) is 0 Å². The van der Waals surface area contributed by atoms with Crippen molar-refractivity contribution in [2.75, 3.05) is 18.5 Å². The lowest BCUT2D eigenvalue weighted by atomic mass is 10.2. The van der Waals surface area contributed by atoms with Crippen LogP contribution in [0.4, 0.5) is 10.1 Å². The van der Waals surface area contributed by atoms with Gasteiger partial charge < -0.3 is 10.2 Å². The smallest absolute Gasteiger partial charge is 0.270 e. The van der Waals surface area contributed by atoms with E-state index in [2.05, 4.69) is 22.1 Å². The van der Waals surface area contributed by atoms with Gasteiger partial charge in [-0.25, -0.2) is 4.39 Å². The molecule has 0 spiro atoms.